The molecule has 2 heterocycles. The van der Waals surface area contributed by atoms with Crippen molar-refractivity contribution in [2.24, 2.45) is 0 Å². The van der Waals surface area contributed by atoms with Gasteiger partial charge in [0.05, 0.1) is 12.6 Å². The molecule has 1 aromatic heterocycles. The first-order valence-electron chi connectivity index (χ1n) is 6.49. The second kappa shape index (κ2) is 4.90. The van der Waals surface area contributed by atoms with Crippen molar-refractivity contribution in [3.8, 4) is 0 Å². The van der Waals surface area contributed by atoms with Gasteiger partial charge in [0.2, 0.25) is 0 Å². The minimum atomic E-state index is 0.373. The summed E-state index contributed by atoms with van der Waals surface area (Å²) in [5, 5.41) is 11.8. The molecule has 1 fully saturated rings. The molecule has 1 atom stereocenters. The van der Waals surface area contributed by atoms with Crippen LogP contribution in [0, 0.1) is 6.92 Å². The first-order valence-corrected chi connectivity index (χ1v) is 6.49. The number of aromatic nitrogens is 3. The zero-order valence-corrected chi connectivity index (χ0v) is 10.6. The van der Waals surface area contributed by atoms with Gasteiger partial charge in [-0.1, -0.05) is 29.8 Å². The highest BCUT2D eigenvalue weighted by Gasteiger charge is 2.21. The Kier molecular flexibility index (Phi) is 3.11. The largest absolute Gasteiger partial charge is 0.312 e. The third kappa shape index (κ3) is 2.29. The maximum Gasteiger partial charge on any atom is 0.150 e. The first kappa shape index (κ1) is 11.4. The third-order valence-electron chi connectivity index (χ3n) is 3.49. The fourth-order valence-electron chi connectivity index (χ4n) is 2.45. The van der Waals surface area contributed by atoms with Crippen molar-refractivity contribution in [1.82, 2.24) is 20.1 Å². The second-order valence-corrected chi connectivity index (χ2v) is 4.95. The number of nitrogens with zero attached hydrogens (tertiary/aromatic N) is 3. The summed E-state index contributed by atoms with van der Waals surface area (Å²) in [6.07, 6.45) is 4.21. The smallest absolute Gasteiger partial charge is 0.150 e. The number of hydrogen-bond acceptors (Lipinski definition) is 3. The monoisotopic (exact) mass is 242 g/mol. The fourth-order valence-corrected chi connectivity index (χ4v) is 2.45. The normalized spacial score (nSPS) is 19.3. The summed E-state index contributed by atoms with van der Waals surface area (Å²) in [7, 11) is 0. The number of aryl methyl sites for hydroxylation is 1. The minimum Gasteiger partial charge on any atom is -0.312 e. The maximum atomic E-state index is 4.26. The summed E-state index contributed by atoms with van der Waals surface area (Å²) in [6, 6.07) is 9.00. The Morgan fingerprint density at radius 2 is 2.17 bits per heavy atom. The summed E-state index contributed by atoms with van der Waals surface area (Å²) in [5.41, 5.74) is 2.58. The molecule has 3 rings (SSSR count). The lowest BCUT2D eigenvalue weighted by atomic mass is 10.1. The van der Waals surface area contributed by atoms with E-state index in [9.17, 15) is 0 Å². The molecule has 1 saturated heterocycles. The van der Waals surface area contributed by atoms with Gasteiger partial charge in [0.1, 0.15) is 12.2 Å². The van der Waals surface area contributed by atoms with Crippen molar-refractivity contribution in [1.29, 1.82) is 0 Å². The Morgan fingerprint density at radius 3 is 2.89 bits per heavy atom. The molecule has 4 nitrogen and oxygen atoms in total. The lowest BCUT2D eigenvalue weighted by Gasteiger charge is -2.12. The highest BCUT2D eigenvalue weighted by Crippen LogP contribution is 2.21. The molecule has 1 aliphatic rings. The zero-order chi connectivity index (χ0) is 12.4. The van der Waals surface area contributed by atoms with Gasteiger partial charge in [0, 0.05) is 0 Å². The van der Waals surface area contributed by atoms with Crippen molar-refractivity contribution in [2.45, 2.75) is 32.4 Å². The van der Waals surface area contributed by atoms with Gasteiger partial charge < -0.3 is 9.88 Å². The minimum absolute atomic E-state index is 0.373. The topological polar surface area (TPSA) is 42.7 Å². The number of hydrogen-bond donors (Lipinski definition) is 1. The maximum absolute atomic E-state index is 4.26. The molecule has 4 heteroatoms. The molecule has 18 heavy (non-hydrogen) atoms. The summed E-state index contributed by atoms with van der Waals surface area (Å²) < 4.78 is 2.15. The average molecular weight is 242 g/mol. The second-order valence-electron chi connectivity index (χ2n) is 4.95. The lowest BCUT2D eigenvalue weighted by Crippen LogP contribution is -2.18. The van der Waals surface area contributed by atoms with E-state index in [1.807, 2.05) is 6.33 Å². The Labute approximate surface area is 107 Å². The van der Waals surface area contributed by atoms with Crippen LogP contribution in [-0.4, -0.2) is 21.3 Å². The van der Waals surface area contributed by atoms with Crippen LogP contribution in [0.15, 0.2) is 30.6 Å². The molecule has 1 N–H and O–H groups in total. The Hall–Kier alpha value is -1.68. The van der Waals surface area contributed by atoms with Crippen LogP contribution in [0.1, 0.15) is 35.8 Å². The van der Waals surface area contributed by atoms with Crippen LogP contribution in [0.5, 0.6) is 0 Å². The van der Waals surface area contributed by atoms with E-state index in [1.165, 1.54) is 17.5 Å². The van der Waals surface area contributed by atoms with Crippen LogP contribution in [-0.2, 0) is 6.54 Å². The van der Waals surface area contributed by atoms with E-state index >= 15 is 0 Å². The summed E-state index contributed by atoms with van der Waals surface area (Å²) >= 11 is 0. The fraction of sp³-hybridized carbons (Fsp3) is 0.429. The van der Waals surface area contributed by atoms with E-state index < -0.39 is 0 Å². The molecule has 0 radical (unpaired) electrons. The SMILES string of the molecule is Cc1ccc(Cn2cnnc2C2CCCN2)cc1. The van der Waals surface area contributed by atoms with Gasteiger partial charge in [-0.2, -0.15) is 0 Å². The number of rotatable bonds is 3. The molecular weight excluding hydrogens is 224 g/mol. The molecular formula is C14H18N4. The van der Waals surface area contributed by atoms with E-state index in [4.69, 9.17) is 0 Å². The Balaban J connectivity index is 1.80. The van der Waals surface area contributed by atoms with Crippen LogP contribution < -0.4 is 5.32 Å². The molecule has 94 valence electrons. The van der Waals surface area contributed by atoms with Gasteiger partial charge >= 0.3 is 0 Å². The first-order chi connectivity index (χ1) is 8.83. The number of nitrogens with one attached hydrogen (secondary N) is 1. The van der Waals surface area contributed by atoms with Crippen molar-refractivity contribution in [3.05, 3.63) is 47.5 Å². The van der Waals surface area contributed by atoms with E-state index in [1.54, 1.807) is 0 Å². The van der Waals surface area contributed by atoms with Crippen molar-refractivity contribution in [2.75, 3.05) is 6.54 Å². The standard InChI is InChI=1S/C14H18N4/c1-11-4-6-12(7-5-11)9-18-10-16-17-14(18)13-3-2-8-15-13/h4-7,10,13,15H,2-3,8-9H2,1H3. The van der Waals surface area contributed by atoms with Crippen molar-refractivity contribution >= 4 is 0 Å². The predicted octanol–water partition coefficient (Wildman–Crippen LogP) is 2.06. The Bertz CT molecular complexity index is 509. The van der Waals surface area contributed by atoms with E-state index in [-0.39, 0.29) is 0 Å². The zero-order valence-electron chi connectivity index (χ0n) is 10.6. The van der Waals surface area contributed by atoms with Gasteiger partial charge in [0.25, 0.3) is 0 Å². The van der Waals surface area contributed by atoms with Crippen molar-refractivity contribution < 1.29 is 0 Å². The van der Waals surface area contributed by atoms with Crippen LogP contribution in [0.3, 0.4) is 0 Å². The molecule has 0 spiro atoms. The van der Waals surface area contributed by atoms with Crippen LogP contribution in [0.4, 0.5) is 0 Å². The highest BCUT2D eigenvalue weighted by molar-refractivity contribution is 5.21. The molecule has 1 unspecified atom stereocenters. The predicted molar refractivity (Wildman–Crippen MR) is 70.3 cm³/mol. The quantitative estimate of drug-likeness (QED) is 0.896. The van der Waals surface area contributed by atoms with Gasteiger partial charge in [-0.15, -0.1) is 10.2 Å². The summed E-state index contributed by atoms with van der Waals surface area (Å²) in [6.45, 7) is 4.04. The van der Waals surface area contributed by atoms with Crippen LogP contribution in [0.2, 0.25) is 0 Å². The van der Waals surface area contributed by atoms with Gasteiger partial charge in [-0.25, -0.2) is 0 Å². The van der Waals surface area contributed by atoms with Gasteiger partial charge in [0.15, 0.2) is 0 Å². The summed E-state index contributed by atoms with van der Waals surface area (Å²) in [5.74, 6) is 1.06. The van der Waals surface area contributed by atoms with E-state index in [2.05, 4.69) is 51.3 Å². The summed E-state index contributed by atoms with van der Waals surface area (Å²) in [4.78, 5) is 0. The van der Waals surface area contributed by atoms with Gasteiger partial charge in [-0.05, 0) is 31.9 Å². The average Bonchev–Trinajstić information content (AvgIpc) is 3.02. The Morgan fingerprint density at radius 1 is 1.33 bits per heavy atom. The highest BCUT2D eigenvalue weighted by atomic mass is 15.3. The van der Waals surface area contributed by atoms with E-state index in [0.717, 1.165) is 25.3 Å². The number of benzene rings is 1. The van der Waals surface area contributed by atoms with Crippen LogP contribution >= 0.6 is 0 Å². The lowest BCUT2D eigenvalue weighted by molar-refractivity contribution is 0.564. The molecule has 1 aromatic carbocycles. The molecule has 0 bridgehead atoms. The molecule has 0 aliphatic carbocycles. The van der Waals surface area contributed by atoms with Crippen LogP contribution in [0.25, 0.3) is 0 Å². The molecule has 2 aromatic rings. The molecule has 0 saturated carbocycles. The molecule has 0 amide bonds. The molecule has 1 aliphatic heterocycles. The van der Waals surface area contributed by atoms with Gasteiger partial charge in [-0.3, -0.25) is 0 Å². The van der Waals surface area contributed by atoms with E-state index in [0.29, 0.717) is 6.04 Å². The third-order valence-corrected chi connectivity index (χ3v) is 3.49. The van der Waals surface area contributed by atoms with Crippen molar-refractivity contribution in [3.63, 3.8) is 0 Å².